The molecule has 0 spiro atoms. The molecule has 1 amide bonds. The van der Waals surface area contributed by atoms with Gasteiger partial charge in [0.25, 0.3) is 5.91 Å². The Kier molecular flexibility index (Phi) is 5.95. The number of methoxy groups -OCH3 is 1. The molecule has 0 aliphatic carbocycles. The third-order valence-electron chi connectivity index (χ3n) is 3.51. The van der Waals surface area contributed by atoms with Gasteiger partial charge in [-0.25, -0.2) is 4.79 Å². The van der Waals surface area contributed by atoms with Gasteiger partial charge in [-0.2, -0.15) is 0 Å². The highest BCUT2D eigenvalue weighted by Gasteiger charge is 2.26. The first-order valence-corrected chi connectivity index (χ1v) is 7.73. The normalized spacial score (nSPS) is 11.7. The Labute approximate surface area is 141 Å². The van der Waals surface area contributed by atoms with Crippen molar-refractivity contribution < 1.29 is 19.1 Å². The van der Waals surface area contributed by atoms with Gasteiger partial charge in [-0.1, -0.05) is 44.2 Å². The number of carbonyl (C=O) groups is 2. The van der Waals surface area contributed by atoms with Crippen molar-refractivity contribution >= 4 is 11.9 Å². The summed E-state index contributed by atoms with van der Waals surface area (Å²) >= 11 is 0. The van der Waals surface area contributed by atoms with Crippen LogP contribution in [0.25, 0.3) is 0 Å². The lowest BCUT2D eigenvalue weighted by Gasteiger charge is -2.20. The number of ether oxygens (including phenoxy) is 2. The summed E-state index contributed by atoms with van der Waals surface area (Å²) in [7, 11) is 1.30. The maximum absolute atomic E-state index is 12.6. The Hall–Kier alpha value is -2.82. The van der Waals surface area contributed by atoms with E-state index in [1.165, 1.54) is 7.11 Å². The minimum atomic E-state index is -0.715. The molecule has 126 valence electrons. The molecule has 0 aromatic heterocycles. The maximum atomic E-state index is 12.6. The minimum absolute atomic E-state index is 0.0939. The largest absolute Gasteiger partial charge is 0.467 e. The van der Waals surface area contributed by atoms with Crippen molar-refractivity contribution in [1.82, 2.24) is 5.32 Å². The zero-order chi connectivity index (χ0) is 17.5. The average Bonchev–Trinajstić information content (AvgIpc) is 2.60. The molecular weight excluding hydrogens is 306 g/mol. The number of amides is 1. The van der Waals surface area contributed by atoms with E-state index in [1.54, 1.807) is 36.4 Å². The Morgan fingerprint density at radius 2 is 1.58 bits per heavy atom. The molecule has 0 aliphatic rings. The highest BCUT2D eigenvalue weighted by molar-refractivity contribution is 5.99. The molecule has 2 aromatic rings. The number of hydrogen-bond acceptors (Lipinski definition) is 4. The zero-order valence-electron chi connectivity index (χ0n) is 14.0. The van der Waals surface area contributed by atoms with Gasteiger partial charge in [-0.15, -0.1) is 0 Å². The predicted molar refractivity (Wildman–Crippen MR) is 91.1 cm³/mol. The van der Waals surface area contributed by atoms with Crippen molar-refractivity contribution in [3.63, 3.8) is 0 Å². The quantitative estimate of drug-likeness (QED) is 0.826. The van der Waals surface area contributed by atoms with E-state index in [2.05, 4.69) is 5.32 Å². The first-order valence-electron chi connectivity index (χ1n) is 7.73. The molecule has 0 radical (unpaired) electrons. The molecule has 0 saturated heterocycles. The van der Waals surface area contributed by atoms with Gasteiger partial charge >= 0.3 is 5.97 Å². The number of esters is 1. The first-order chi connectivity index (χ1) is 11.5. The highest BCUT2D eigenvalue weighted by Crippen LogP contribution is 2.25. The van der Waals surface area contributed by atoms with Gasteiger partial charge in [0.2, 0.25) is 0 Å². The van der Waals surface area contributed by atoms with Crippen LogP contribution in [0.4, 0.5) is 0 Å². The molecule has 0 unspecified atom stereocenters. The molecule has 0 saturated carbocycles. The van der Waals surface area contributed by atoms with Gasteiger partial charge < -0.3 is 14.8 Å². The molecule has 2 rings (SSSR count). The van der Waals surface area contributed by atoms with Crippen LogP contribution in [0.5, 0.6) is 11.5 Å². The first kappa shape index (κ1) is 17.5. The monoisotopic (exact) mass is 327 g/mol. The van der Waals surface area contributed by atoms with Gasteiger partial charge in [0.1, 0.15) is 17.5 Å². The van der Waals surface area contributed by atoms with E-state index >= 15 is 0 Å². The van der Waals surface area contributed by atoms with Gasteiger partial charge in [0.15, 0.2) is 0 Å². The summed E-state index contributed by atoms with van der Waals surface area (Å²) in [6, 6.07) is 15.4. The Bertz CT molecular complexity index is 698. The summed E-state index contributed by atoms with van der Waals surface area (Å²) in [4.78, 5) is 24.4. The lowest BCUT2D eigenvalue weighted by molar-refractivity contribution is -0.144. The summed E-state index contributed by atoms with van der Waals surface area (Å²) < 4.78 is 10.5. The number of rotatable bonds is 6. The molecule has 1 N–H and O–H groups in total. The lowest BCUT2D eigenvalue weighted by atomic mass is 10.0. The molecule has 5 nitrogen and oxygen atoms in total. The topological polar surface area (TPSA) is 64.6 Å². The Morgan fingerprint density at radius 3 is 2.21 bits per heavy atom. The number of para-hydroxylation sites is 2. The fourth-order valence-corrected chi connectivity index (χ4v) is 2.20. The van der Waals surface area contributed by atoms with E-state index in [1.807, 2.05) is 32.0 Å². The third kappa shape index (κ3) is 4.35. The maximum Gasteiger partial charge on any atom is 0.328 e. The van der Waals surface area contributed by atoms with Crippen molar-refractivity contribution in [2.45, 2.75) is 19.9 Å². The minimum Gasteiger partial charge on any atom is -0.467 e. The second kappa shape index (κ2) is 8.15. The van der Waals surface area contributed by atoms with Crippen molar-refractivity contribution in [1.29, 1.82) is 0 Å². The van der Waals surface area contributed by atoms with E-state index in [4.69, 9.17) is 9.47 Å². The molecule has 0 heterocycles. The summed E-state index contributed by atoms with van der Waals surface area (Å²) in [5, 5.41) is 2.72. The van der Waals surface area contributed by atoms with E-state index in [0.29, 0.717) is 17.1 Å². The fraction of sp³-hybridized carbons (Fsp3) is 0.263. The third-order valence-corrected chi connectivity index (χ3v) is 3.51. The SMILES string of the molecule is COC(=O)[C@@H](NC(=O)c1ccccc1Oc1ccccc1)C(C)C. The second-order valence-electron chi connectivity index (χ2n) is 5.63. The molecule has 0 aliphatic heterocycles. The van der Waals surface area contributed by atoms with Crippen LogP contribution in [0.1, 0.15) is 24.2 Å². The van der Waals surface area contributed by atoms with Crippen LogP contribution in [-0.2, 0) is 9.53 Å². The predicted octanol–water partition coefficient (Wildman–Crippen LogP) is 3.41. The van der Waals surface area contributed by atoms with Gasteiger partial charge in [-0.3, -0.25) is 4.79 Å². The zero-order valence-corrected chi connectivity index (χ0v) is 14.0. The molecular formula is C19H21NO4. The van der Waals surface area contributed by atoms with Crippen LogP contribution >= 0.6 is 0 Å². The number of carbonyl (C=O) groups excluding carboxylic acids is 2. The molecule has 1 atom stereocenters. The van der Waals surface area contributed by atoms with Gasteiger partial charge in [0, 0.05) is 0 Å². The summed E-state index contributed by atoms with van der Waals surface area (Å²) in [6.45, 7) is 3.68. The smallest absolute Gasteiger partial charge is 0.328 e. The van der Waals surface area contributed by atoms with Crippen LogP contribution in [0.3, 0.4) is 0 Å². The van der Waals surface area contributed by atoms with E-state index in [0.717, 1.165) is 0 Å². The Morgan fingerprint density at radius 1 is 0.958 bits per heavy atom. The number of hydrogen-bond donors (Lipinski definition) is 1. The van der Waals surface area contributed by atoms with Crippen molar-refractivity contribution in [2.75, 3.05) is 7.11 Å². The lowest BCUT2D eigenvalue weighted by Crippen LogP contribution is -2.45. The molecule has 5 heteroatoms. The van der Waals surface area contributed by atoms with E-state index in [-0.39, 0.29) is 11.8 Å². The molecule has 0 bridgehead atoms. The van der Waals surface area contributed by atoms with E-state index < -0.39 is 12.0 Å². The van der Waals surface area contributed by atoms with Crippen molar-refractivity contribution in [3.8, 4) is 11.5 Å². The van der Waals surface area contributed by atoms with Crippen LogP contribution in [0.2, 0.25) is 0 Å². The van der Waals surface area contributed by atoms with Crippen LogP contribution in [0, 0.1) is 5.92 Å². The van der Waals surface area contributed by atoms with Crippen LogP contribution < -0.4 is 10.1 Å². The molecule has 24 heavy (non-hydrogen) atoms. The fourth-order valence-electron chi connectivity index (χ4n) is 2.20. The standard InChI is InChI=1S/C19H21NO4/c1-13(2)17(19(22)23-3)20-18(21)15-11-7-8-12-16(15)24-14-9-5-4-6-10-14/h4-13,17H,1-3H3,(H,20,21)/t17-/m0/s1. The van der Waals surface area contributed by atoms with Crippen LogP contribution in [-0.4, -0.2) is 25.0 Å². The Balaban J connectivity index is 2.22. The number of benzene rings is 2. The molecule has 2 aromatic carbocycles. The van der Waals surface area contributed by atoms with Crippen molar-refractivity contribution in [2.24, 2.45) is 5.92 Å². The number of nitrogens with one attached hydrogen (secondary N) is 1. The summed E-state index contributed by atoms with van der Waals surface area (Å²) in [5.41, 5.74) is 0.357. The highest BCUT2D eigenvalue weighted by atomic mass is 16.5. The molecule has 0 fully saturated rings. The van der Waals surface area contributed by atoms with Crippen LogP contribution in [0.15, 0.2) is 54.6 Å². The summed E-state index contributed by atoms with van der Waals surface area (Å²) in [5.74, 6) is 0.105. The second-order valence-corrected chi connectivity index (χ2v) is 5.63. The van der Waals surface area contributed by atoms with Gasteiger partial charge in [0.05, 0.1) is 12.7 Å². The van der Waals surface area contributed by atoms with Crippen molar-refractivity contribution in [3.05, 3.63) is 60.2 Å². The summed E-state index contributed by atoms with van der Waals surface area (Å²) in [6.07, 6.45) is 0. The van der Waals surface area contributed by atoms with Gasteiger partial charge in [-0.05, 0) is 30.2 Å². The van der Waals surface area contributed by atoms with E-state index in [9.17, 15) is 9.59 Å². The average molecular weight is 327 g/mol.